The molecule has 200 valence electrons. The molecular formula is C30H34ClN3O4. The molecule has 0 radical (unpaired) electrons. The maximum Gasteiger partial charge on any atom is 0.410 e. The number of anilines is 1. The molecule has 1 fully saturated rings. The minimum absolute atomic E-state index is 0.239. The number of nitrogens with one attached hydrogen (secondary N) is 1. The molecule has 0 bridgehead atoms. The minimum Gasteiger partial charge on any atom is -0.487 e. The zero-order valence-corrected chi connectivity index (χ0v) is 22.8. The van der Waals surface area contributed by atoms with Crippen LogP contribution in [-0.2, 0) is 17.9 Å². The van der Waals surface area contributed by atoms with Crippen molar-refractivity contribution in [2.45, 2.75) is 39.5 Å². The predicted octanol–water partition coefficient (Wildman–Crippen LogP) is 6.22. The van der Waals surface area contributed by atoms with Crippen LogP contribution in [0.4, 0.5) is 10.5 Å². The summed E-state index contributed by atoms with van der Waals surface area (Å²) in [6, 6.07) is 22.6. The van der Waals surface area contributed by atoms with Crippen LogP contribution in [0.2, 0.25) is 5.02 Å². The first-order valence-corrected chi connectivity index (χ1v) is 13.1. The van der Waals surface area contributed by atoms with Crippen molar-refractivity contribution < 1.29 is 19.1 Å². The molecule has 2 amide bonds. The molecule has 38 heavy (non-hydrogen) atoms. The van der Waals surface area contributed by atoms with Crippen molar-refractivity contribution in [3.63, 3.8) is 0 Å². The van der Waals surface area contributed by atoms with Gasteiger partial charge in [-0.05, 0) is 62.2 Å². The van der Waals surface area contributed by atoms with E-state index in [-0.39, 0.29) is 12.0 Å². The summed E-state index contributed by atoms with van der Waals surface area (Å²) >= 11 is 6.29. The number of hydrogen-bond acceptors (Lipinski definition) is 5. The third kappa shape index (κ3) is 7.97. The van der Waals surface area contributed by atoms with E-state index in [1.165, 1.54) is 0 Å². The van der Waals surface area contributed by atoms with Crippen LogP contribution in [0.5, 0.6) is 5.75 Å². The van der Waals surface area contributed by atoms with Gasteiger partial charge in [-0.15, -0.1) is 0 Å². The summed E-state index contributed by atoms with van der Waals surface area (Å²) in [5.74, 6) is 0.225. The van der Waals surface area contributed by atoms with Crippen LogP contribution < -0.4 is 10.1 Å². The van der Waals surface area contributed by atoms with Crippen molar-refractivity contribution >= 4 is 29.3 Å². The van der Waals surface area contributed by atoms with Crippen LogP contribution in [0.15, 0.2) is 72.8 Å². The zero-order chi connectivity index (χ0) is 27.1. The van der Waals surface area contributed by atoms with E-state index in [2.05, 4.69) is 10.2 Å². The summed E-state index contributed by atoms with van der Waals surface area (Å²) < 4.78 is 11.3. The average molecular weight is 536 g/mol. The van der Waals surface area contributed by atoms with E-state index in [0.29, 0.717) is 41.7 Å². The molecule has 1 heterocycles. The molecule has 8 heteroatoms. The molecule has 7 nitrogen and oxygen atoms in total. The Morgan fingerprint density at radius 2 is 1.58 bits per heavy atom. The number of nitrogens with zero attached hydrogens (tertiary/aromatic N) is 2. The lowest BCUT2D eigenvalue weighted by atomic mass is 10.1. The fourth-order valence-corrected chi connectivity index (χ4v) is 4.23. The van der Waals surface area contributed by atoms with Gasteiger partial charge in [0.05, 0.1) is 5.02 Å². The number of carbonyl (C=O) groups is 2. The van der Waals surface area contributed by atoms with Crippen molar-refractivity contribution in [1.82, 2.24) is 9.80 Å². The van der Waals surface area contributed by atoms with E-state index in [1.54, 1.807) is 23.1 Å². The first kappa shape index (κ1) is 27.5. The highest BCUT2D eigenvalue weighted by molar-refractivity contribution is 6.32. The van der Waals surface area contributed by atoms with Gasteiger partial charge in [0.1, 0.15) is 18.0 Å². The van der Waals surface area contributed by atoms with E-state index < -0.39 is 5.60 Å². The average Bonchev–Trinajstić information content (AvgIpc) is 2.89. The molecule has 1 N–H and O–H groups in total. The molecule has 0 spiro atoms. The van der Waals surface area contributed by atoms with Gasteiger partial charge in [-0.1, -0.05) is 54.1 Å². The second-order valence-corrected chi connectivity index (χ2v) is 10.7. The predicted molar refractivity (Wildman–Crippen MR) is 150 cm³/mol. The highest BCUT2D eigenvalue weighted by atomic mass is 35.5. The van der Waals surface area contributed by atoms with E-state index in [4.69, 9.17) is 21.1 Å². The molecule has 0 unspecified atom stereocenters. The van der Waals surface area contributed by atoms with Gasteiger partial charge in [-0.25, -0.2) is 4.79 Å². The Hall–Kier alpha value is -3.55. The van der Waals surface area contributed by atoms with Crippen molar-refractivity contribution in [3.8, 4) is 5.75 Å². The van der Waals surface area contributed by atoms with Gasteiger partial charge >= 0.3 is 6.09 Å². The Bertz CT molecular complexity index is 1230. The summed E-state index contributed by atoms with van der Waals surface area (Å²) in [7, 11) is 0. The minimum atomic E-state index is -0.489. The van der Waals surface area contributed by atoms with Crippen molar-refractivity contribution in [2.24, 2.45) is 0 Å². The molecule has 1 saturated heterocycles. The molecule has 4 rings (SSSR count). The van der Waals surface area contributed by atoms with Gasteiger partial charge in [0.2, 0.25) is 0 Å². The highest BCUT2D eigenvalue weighted by Gasteiger charge is 2.25. The maximum absolute atomic E-state index is 12.9. The summed E-state index contributed by atoms with van der Waals surface area (Å²) in [5.41, 5.74) is 2.83. The Kier molecular flexibility index (Phi) is 8.92. The van der Waals surface area contributed by atoms with Crippen molar-refractivity contribution in [1.29, 1.82) is 0 Å². The summed E-state index contributed by atoms with van der Waals surface area (Å²) in [6.07, 6.45) is -0.257. The van der Waals surface area contributed by atoms with Crippen molar-refractivity contribution in [3.05, 3.63) is 94.5 Å². The van der Waals surface area contributed by atoms with Crippen LogP contribution >= 0.6 is 11.6 Å². The number of amides is 2. The molecule has 1 aliphatic rings. The van der Waals surface area contributed by atoms with Gasteiger partial charge in [-0.2, -0.15) is 0 Å². The Morgan fingerprint density at radius 3 is 2.24 bits per heavy atom. The van der Waals surface area contributed by atoms with Crippen LogP contribution in [0, 0.1) is 0 Å². The van der Waals surface area contributed by atoms with Gasteiger partial charge in [0.15, 0.2) is 0 Å². The number of rotatable bonds is 7. The number of piperazine rings is 1. The van der Waals surface area contributed by atoms with Gasteiger partial charge in [0, 0.05) is 44.0 Å². The lowest BCUT2D eigenvalue weighted by molar-refractivity contribution is 0.0139. The van der Waals surface area contributed by atoms with Gasteiger partial charge < -0.3 is 19.7 Å². The third-order valence-corrected chi connectivity index (χ3v) is 6.38. The molecule has 0 saturated carbocycles. The number of hydrogen-bond donors (Lipinski definition) is 1. The largest absolute Gasteiger partial charge is 0.487 e. The quantitative estimate of drug-likeness (QED) is 0.388. The molecular weight excluding hydrogens is 502 g/mol. The highest BCUT2D eigenvalue weighted by Crippen LogP contribution is 2.27. The molecule has 0 aliphatic carbocycles. The monoisotopic (exact) mass is 535 g/mol. The first-order valence-electron chi connectivity index (χ1n) is 12.7. The Labute approximate surface area is 229 Å². The van der Waals surface area contributed by atoms with Crippen LogP contribution in [0.3, 0.4) is 0 Å². The van der Waals surface area contributed by atoms with Crippen LogP contribution in [-0.4, -0.2) is 53.6 Å². The summed E-state index contributed by atoms with van der Waals surface area (Å²) in [4.78, 5) is 29.2. The van der Waals surface area contributed by atoms with Crippen molar-refractivity contribution in [2.75, 3.05) is 31.5 Å². The SMILES string of the molecule is CC(C)(C)OC(=O)N1CCN(Cc2ccc(NC(=O)c3ccc(Cl)c(OCc4ccccc4)c3)cc2)CC1. The third-order valence-electron chi connectivity index (χ3n) is 6.07. The second kappa shape index (κ2) is 12.3. The number of carbonyl (C=O) groups excluding carboxylic acids is 2. The smallest absolute Gasteiger partial charge is 0.410 e. The van der Waals surface area contributed by atoms with E-state index >= 15 is 0 Å². The maximum atomic E-state index is 12.9. The van der Waals surface area contributed by atoms with E-state index in [9.17, 15) is 9.59 Å². The number of benzene rings is 3. The first-order chi connectivity index (χ1) is 18.2. The number of ether oxygens (including phenoxy) is 2. The molecule has 3 aromatic carbocycles. The molecule has 3 aromatic rings. The normalized spacial score (nSPS) is 14.2. The van der Waals surface area contributed by atoms with Gasteiger partial charge in [-0.3, -0.25) is 9.69 Å². The lowest BCUT2D eigenvalue weighted by Crippen LogP contribution is -2.49. The molecule has 0 aromatic heterocycles. The van der Waals surface area contributed by atoms with Gasteiger partial charge in [0.25, 0.3) is 5.91 Å². The lowest BCUT2D eigenvalue weighted by Gasteiger charge is -2.35. The van der Waals surface area contributed by atoms with E-state index in [1.807, 2.05) is 75.4 Å². The Morgan fingerprint density at radius 1 is 0.895 bits per heavy atom. The standard InChI is InChI=1S/C30H34ClN3O4/c1-30(2,3)38-29(36)34-17-15-33(16-18-34)20-22-9-12-25(13-10-22)32-28(35)24-11-14-26(31)27(19-24)37-21-23-7-5-4-6-8-23/h4-14,19H,15-18,20-21H2,1-3H3,(H,32,35). The van der Waals surface area contributed by atoms with Crippen LogP contribution in [0.25, 0.3) is 0 Å². The number of halogens is 1. The topological polar surface area (TPSA) is 71.1 Å². The molecule has 0 atom stereocenters. The summed E-state index contributed by atoms with van der Waals surface area (Å²) in [5, 5.41) is 3.39. The fraction of sp³-hybridized carbons (Fsp3) is 0.333. The molecule has 1 aliphatic heterocycles. The van der Waals surface area contributed by atoms with Crippen LogP contribution in [0.1, 0.15) is 42.3 Å². The summed E-state index contributed by atoms with van der Waals surface area (Å²) in [6.45, 7) is 9.61. The Balaban J connectivity index is 1.27. The second-order valence-electron chi connectivity index (χ2n) is 10.3. The van der Waals surface area contributed by atoms with E-state index in [0.717, 1.165) is 30.8 Å². The fourth-order valence-electron chi connectivity index (χ4n) is 4.06. The zero-order valence-electron chi connectivity index (χ0n) is 22.1.